The first-order valence-electron chi connectivity index (χ1n) is 8.14. The molecule has 0 bridgehead atoms. The fraction of sp³-hybridized carbons (Fsp3) is 0.222. The van der Waals surface area contributed by atoms with Gasteiger partial charge in [-0.2, -0.15) is 0 Å². The van der Waals surface area contributed by atoms with Crippen molar-refractivity contribution in [1.82, 2.24) is 10.4 Å². The van der Waals surface area contributed by atoms with Gasteiger partial charge in [-0.25, -0.2) is 0 Å². The van der Waals surface area contributed by atoms with Gasteiger partial charge < -0.3 is 19.8 Å². The number of ether oxygens (including phenoxy) is 1. The maximum atomic E-state index is 12.0. The highest BCUT2D eigenvalue weighted by molar-refractivity contribution is 7.80. The van der Waals surface area contributed by atoms with Gasteiger partial charge in [0.1, 0.15) is 6.26 Å². The zero-order chi connectivity index (χ0) is 18.4. The molecule has 136 valence electrons. The number of amides is 1. The second kappa shape index (κ2) is 8.61. The third-order valence-corrected chi connectivity index (χ3v) is 4.10. The largest absolute Gasteiger partial charge is 0.424 e. The molecule has 8 heteroatoms. The molecule has 0 aromatic heterocycles. The third kappa shape index (κ3) is 4.29. The molecule has 0 radical (unpaired) electrons. The van der Waals surface area contributed by atoms with Gasteiger partial charge in [0.15, 0.2) is 5.76 Å². The van der Waals surface area contributed by atoms with Gasteiger partial charge in [0.25, 0.3) is 0 Å². The summed E-state index contributed by atoms with van der Waals surface area (Å²) in [6.07, 6.45) is 6.14. The summed E-state index contributed by atoms with van der Waals surface area (Å²) in [5.74, 6) is -0.494. The number of hydrogen-bond acceptors (Lipinski definition) is 7. The van der Waals surface area contributed by atoms with Crippen LogP contribution in [-0.4, -0.2) is 42.3 Å². The first-order chi connectivity index (χ1) is 12.7. The number of hydrogen-bond donors (Lipinski definition) is 1. The van der Waals surface area contributed by atoms with Gasteiger partial charge in [-0.05, 0) is 41.0 Å². The van der Waals surface area contributed by atoms with Gasteiger partial charge in [-0.1, -0.05) is 35.9 Å². The molecule has 1 amide bonds. The molecule has 7 nitrogen and oxygen atoms in total. The Hall–Kier alpha value is -2.68. The van der Waals surface area contributed by atoms with Crippen LogP contribution in [0.5, 0.6) is 0 Å². The van der Waals surface area contributed by atoms with Crippen molar-refractivity contribution < 1.29 is 19.4 Å². The summed E-state index contributed by atoms with van der Waals surface area (Å²) in [6, 6.07) is 8.24. The normalized spacial score (nSPS) is 19.3. The molecule has 3 rings (SSSR count). The average molecular weight is 373 g/mol. The summed E-state index contributed by atoms with van der Waals surface area (Å²) < 4.78 is 5.19. The fourth-order valence-electron chi connectivity index (χ4n) is 2.57. The molecule has 2 heterocycles. The first kappa shape index (κ1) is 18.1. The summed E-state index contributed by atoms with van der Waals surface area (Å²) in [7, 11) is 0. The highest BCUT2D eigenvalue weighted by atomic mass is 32.1. The van der Waals surface area contributed by atoms with E-state index in [0.29, 0.717) is 0 Å². The minimum atomic E-state index is -0.546. The zero-order valence-electron chi connectivity index (χ0n) is 14.1. The molecule has 0 aliphatic carbocycles. The zero-order valence-corrected chi connectivity index (χ0v) is 14.9. The van der Waals surface area contributed by atoms with Gasteiger partial charge >= 0.3 is 11.1 Å². The van der Waals surface area contributed by atoms with Crippen LogP contribution in [0, 0.1) is 0 Å². The van der Waals surface area contributed by atoms with Gasteiger partial charge in [0.05, 0.1) is 0 Å². The number of carbonyl (C=O) groups is 1. The highest BCUT2D eigenvalue weighted by Gasteiger charge is 2.35. The lowest BCUT2D eigenvalue weighted by atomic mass is 10.1. The predicted octanol–water partition coefficient (Wildman–Crippen LogP) is 2.14. The molecule has 2 saturated heterocycles. The SMILES string of the molecule is C=COON1C(=O)/C(=C\C=C\c2ccc(N3CCNCC3)cc2)OC1=S. The number of piperazine rings is 1. The van der Waals surface area contributed by atoms with E-state index in [2.05, 4.69) is 38.8 Å². The van der Waals surface area contributed by atoms with Crippen molar-refractivity contribution in [2.45, 2.75) is 0 Å². The smallest absolute Gasteiger partial charge is 0.324 e. The molecule has 26 heavy (non-hydrogen) atoms. The molecule has 1 aromatic carbocycles. The third-order valence-electron chi connectivity index (χ3n) is 3.86. The van der Waals surface area contributed by atoms with E-state index in [1.807, 2.05) is 18.2 Å². The van der Waals surface area contributed by atoms with Crippen LogP contribution in [0.3, 0.4) is 0 Å². The van der Waals surface area contributed by atoms with Crippen LogP contribution in [0.1, 0.15) is 5.56 Å². The Morgan fingerprint density at radius 1 is 1.23 bits per heavy atom. The maximum Gasteiger partial charge on any atom is 0.324 e. The highest BCUT2D eigenvalue weighted by Crippen LogP contribution is 2.19. The molecule has 0 unspecified atom stereocenters. The van der Waals surface area contributed by atoms with Crippen LogP contribution in [-0.2, 0) is 19.4 Å². The number of benzene rings is 1. The van der Waals surface area contributed by atoms with Crippen molar-refractivity contribution in [3.63, 3.8) is 0 Å². The summed E-state index contributed by atoms with van der Waals surface area (Å²) >= 11 is 4.90. The minimum absolute atomic E-state index is 0.0522. The van der Waals surface area contributed by atoms with Crippen LogP contribution < -0.4 is 10.2 Å². The van der Waals surface area contributed by atoms with E-state index in [1.54, 1.807) is 6.08 Å². The molecule has 1 N–H and O–H groups in total. The molecular formula is C18H19N3O4S. The van der Waals surface area contributed by atoms with Crippen LogP contribution >= 0.6 is 12.2 Å². The number of hydroxylamine groups is 2. The monoisotopic (exact) mass is 373 g/mol. The number of thiocarbonyl (C=S) groups is 1. The number of allylic oxidation sites excluding steroid dienone is 2. The van der Waals surface area contributed by atoms with Crippen LogP contribution in [0.2, 0.25) is 0 Å². The Morgan fingerprint density at radius 3 is 2.65 bits per heavy atom. The fourth-order valence-corrected chi connectivity index (χ4v) is 2.77. The van der Waals surface area contributed by atoms with E-state index in [1.165, 1.54) is 11.8 Å². The lowest BCUT2D eigenvalue weighted by Crippen LogP contribution is -2.43. The van der Waals surface area contributed by atoms with Crippen LogP contribution in [0.4, 0.5) is 5.69 Å². The Kier molecular flexibility index (Phi) is 6.00. The lowest BCUT2D eigenvalue weighted by Gasteiger charge is -2.29. The van der Waals surface area contributed by atoms with E-state index in [-0.39, 0.29) is 10.9 Å². The van der Waals surface area contributed by atoms with Crippen molar-refractivity contribution in [2.24, 2.45) is 0 Å². The number of nitrogens with one attached hydrogen (secondary N) is 1. The van der Waals surface area contributed by atoms with Crippen molar-refractivity contribution in [3.05, 3.63) is 60.6 Å². The second-order valence-corrected chi connectivity index (χ2v) is 5.87. The summed E-state index contributed by atoms with van der Waals surface area (Å²) in [6.45, 7) is 7.33. The molecule has 0 spiro atoms. The van der Waals surface area contributed by atoms with E-state index in [4.69, 9.17) is 17.0 Å². The van der Waals surface area contributed by atoms with Gasteiger partial charge in [-0.15, -0.1) is 0 Å². The lowest BCUT2D eigenvalue weighted by molar-refractivity contribution is -0.352. The topological polar surface area (TPSA) is 63.3 Å². The molecule has 2 aliphatic rings. The molecule has 1 aromatic rings. The molecule has 2 aliphatic heterocycles. The Balaban J connectivity index is 1.61. The van der Waals surface area contributed by atoms with Crippen LogP contribution in [0.25, 0.3) is 6.08 Å². The van der Waals surface area contributed by atoms with Gasteiger partial charge in [-0.3, -0.25) is 4.79 Å². The van der Waals surface area contributed by atoms with Crippen molar-refractivity contribution in [2.75, 3.05) is 31.1 Å². The van der Waals surface area contributed by atoms with Crippen molar-refractivity contribution in [3.8, 4) is 0 Å². The Bertz CT molecular complexity index is 739. The summed E-state index contributed by atoms with van der Waals surface area (Å²) in [4.78, 5) is 23.5. The molecule has 2 fully saturated rings. The standard InChI is InChI=1S/C18H19N3O4S/c1-2-23-25-21-17(22)16(24-18(21)26)5-3-4-14-6-8-15(9-7-14)20-12-10-19-11-13-20/h2-9,19H,1,10-13H2/b4-3+,16-5+. The summed E-state index contributed by atoms with van der Waals surface area (Å²) in [5.41, 5.74) is 2.22. The number of anilines is 1. The van der Waals surface area contributed by atoms with E-state index in [9.17, 15) is 4.79 Å². The Labute approximate surface area is 157 Å². The second-order valence-electron chi connectivity index (χ2n) is 5.52. The molecular weight excluding hydrogens is 354 g/mol. The first-order valence-corrected chi connectivity index (χ1v) is 8.54. The van der Waals surface area contributed by atoms with Gasteiger partial charge in [0, 0.05) is 31.9 Å². The number of nitrogens with zero attached hydrogens (tertiary/aromatic N) is 2. The van der Waals surface area contributed by atoms with E-state index < -0.39 is 5.91 Å². The average Bonchev–Trinajstić information content (AvgIpc) is 2.94. The molecule has 0 atom stereocenters. The minimum Gasteiger partial charge on any atom is -0.424 e. The van der Waals surface area contributed by atoms with Crippen molar-refractivity contribution >= 4 is 35.1 Å². The Morgan fingerprint density at radius 2 is 1.96 bits per heavy atom. The predicted molar refractivity (Wildman–Crippen MR) is 102 cm³/mol. The maximum absolute atomic E-state index is 12.0. The summed E-state index contributed by atoms with van der Waals surface area (Å²) in [5, 5.41) is 3.93. The van der Waals surface area contributed by atoms with E-state index in [0.717, 1.165) is 43.1 Å². The van der Waals surface area contributed by atoms with Crippen molar-refractivity contribution in [1.29, 1.82) is 0 Å². The number of rotatable bonds is 6. The van der Waals surface area contributed by atoms with Crippen LogP contribution in [0.15, 0.2) is 55.0 Å². The number of carbonyl (C=O) groups excluding carboxylic acids is 1. The quantitative estimate of drug-likeness (QED) is 0.269. The molecule has 0 saturated carbocycles. The van der Waals surface area contributed by atoms with Gasteiger partial charge in [0.2, 0.25) is 0 Å². The van der Waals surface area contributed by atoms with E-state index >= 15 is 0 Å².